The molecule has 0 radical (unpaired) electrons. The van der Waals surface area contributed by atoms with Gasteiger partial charge in [-0.2, -0.15) is 13.2 Å². The summed E-state index contributed by atoms with van der Waals surface area (Å²) in [5.74, 6) is -0.489. The molecule has 0 unspecified atom stereocenters. The number of thiocarbonyl (C=S) groups is 1. The van der Waals surface area contributed by atoms with Gasteiger partial charge in [0.2, 0.25) is 5.75 Å². The van der Waals surface area contributed by atoms with E-state index in [9.17, 15) is 28.1 Å². The topological polar surface area (TPSA) is 72.7 Å². The Labute approximate surface area is 207 Å². The second kappa shape index (κ2) is 9.51. The maximum Gasteiger partial charge on any atom is 0.416 e. The van der Waals surface area contributed by atoms with Crippen LogP contribution < -0.4 is 9.64 Å². The summed E-state index contributed by atoms with van der Waals surface area (Å²) < 4.78 is 44.7. The summed E-state index contributed by atoms with van der Waals surface area (Å²) in [5, 5.41) is 11.3. The normalized spacial score (nSPS) is 15.1. The van der Waals surface area contributed by atoms with Crippen LogP contribution in [-0.2, 0) is 11.0 Å². The van der Waals surface area contributed by atoms with E-state index in [1.807, 2.05) is 25.1 Å². The number of aryl methyl sites for hydroxylation is 1. The van der Waals surface area contributed by atoms with Crippen LogP contribution in [0.2, 0.25) is 0 Å². The van der Waals surface area contributed by atoms with Gasteiger partial charge in [0.05, 0.1) is 21.1 Å². The minimum Gasteiger partial charge on any atom is -0.450 e. The first-order valence-corrected chi connectivity index (χ1v) is 11.2. The van der Waals surface area contributed by atoms with Gasteiger partial charge in [-0.25, -0.2) is 0 Å². The summed E-state index contributed by atoms with van der Waals surface area (Å²) in [6.45, 7) is 1.91. The molecule has 0 N–H and O–H groups in total. The van der Waals surface area contributed by atoms with Crippen molar-refractivity contribution in [2.24, 2.45) is 0 Å². The van der Waals surface area contributed by atoms with Crippen molar-refractivity contribution in [2.75, 3.05) is 4.90 Å². The molecule has 3 aromatic carbocycles. The third-order valence-corrected chi connectivity index (χ3v) is 6.22. The lowest BCUT2D eigenvalue weighted by atomic mass is 10.1. The maximum absolute atomic E-state index is 13.0. The van der Waals surface area contributed by atoms with Crippen molar-refractivity contribution in [3.05, 3.63) is 98.4 Å². The fraction of sp³-hybridized carbons (Fsp3) is 0.0833. The Morgan fingerprint density at radius 2 is 1.83 bits per heavy atom. The number of halogens is 3. The Kier molecular flexibility index (Phi) is 6.64. The fourth-order valence-corrected chi connectivity index (χ4v) is 4.63. The van der Waals surface area contributed by atoms with Gasteiger partial charge in [0.15, 0.2) is 4.32 Å². The number of nitro groups is 1. The summed E-state index contributed by atoms with van der Waals surface area (Å²) in [5.41, 5.74) is 0.206. The smallest absolute Gasteiger partial charge is 0.416 e. The summed E-state index contributed by atoms with van der Waals surface area (Å²) in [7, 11) is 0. The Morgan fingerprint density at radius 3 is 2.51 bits per heavy atom. The van der Waals surface area contributed by atoms with E-state index >= 15 is 0 Å². The first-order valence-electron chi connectivity index (χ1n) is 10.0. The molecule has 1 heterocycles. The van der Waals surface area contributed by atoms with Gasteiger partial charge in [0, 0.05) is 6.07 Å². The molecule has 4 rings (SSSR count). The quantitative estimate of drug-likeness (QED) is 0.156. The highest BCUT2D eigenvalue weighted by molar-refractivity contribution is 8.27. The molecule has 11 heteroatoms. The minimum absolute atomic E-state index is 0.149. The van der Waals surface area contributed by atoms with Crippen LogP contribution in [0.1, 0.15) is 16.7 Å². The predicted octanol–water partition coefficient (Wildman–Crippen LogP) is 7.12. The molecule has 0 saturated carbocycles. The lowest BCUT2D eigenvalue weighted by Crippen LogP contribution is -2.27. The number of carbonyl (C=O) groups is 1. The summed E-state index contributed by atoms with van der Waals surface area (Å²) in [6.07, 6.45) is -3.13. The average Bonchev–Trinajstić information content (AvgIpc) is 3.06. The molecule has 1 aliphatic heterocycles. The predicted molar refractivity (Wildman–Crippen MR) is 131 cm³/mol. The summed E-state index contributed by atoms with van der Waals surface area (Å²) in [6, 6.07) is 15.7. The Hall–Kier alpha value is -3.70. The molecule has 6 nitrogen and oxygen atoms in total. The van der Waals surface area contributed by atoms with Crippen molar-refractivity contribution in [1.82, 2.24) is 0 Å². The highest BCUT2D eigenvalue weighted by Crippen LogP contribution is 2.39. The Bertz CT molecular complexity index is 1390. The second-order valence-corrected chi connectivity index (χ2v) is 9.14. The number of thioether (sulfide) groups is 1. The first kappa shape index (κ1) is 24.4. The molecule has 1 aliphatic rings. The number of hydrogen-bond acceptors (Lipinski definition) is 6. The van der Waals surface area contributed by atoms with Crippen molar-refractivity contribution in [3.8, 4) is 11.5 Å². The number of rotatable bonds is 5. The molecule has 0 aromatic heterocycles. The van der Waals surface area contributed by atoms with E-state index in [0.717, 1.165) is 23.4 Å². The number of benzene rings is 3. The van der Waals surface area contributed by atoms with Crippen LogP contribution in [0.15, 0.2) is 71.6 Å². The van der Waals surface area contributed by atoms with Crippen LogP contribution in [0, 0.1) is 17.0 Å². The number of alkyl halides is 3. The lowest BCUT2D eigenvalue weighted by Gasteiger charge is -2.14. The first-order chi connectivity index (χ1) is 16.5. The third-order valence-electron chi connectivity index (χ3n) is 4.92. The van der Waals surface area contributed by atoms with Crippen molar-refractivity contribution < 1.29 is 27.6 Å². The summed E-state index contributed by atoms with van der Waals surface area (Å²) in [4.78, 5) is 25.2. The van der Waals surface area contributed by atoms with Crippen molar-refractivity contribution >= 4 is 51.7 Å². The van der Waals surface area contributed by atoms with E-state index in [-0.39, 0.29) is 17.4 Å². The third kappa shape index (κ3) is 5.36. The minimum atomic E-state index is -4.73. The molecule has 1 saturated heterocycles. The zero-order valence-electron chi connectivity index (χ0n) is 17.9. The highest BCUT2D eigenvalue weighted by Gasteiger charge is 2.34. The molecule has 0 atom stereocenters. The van der Waals surface area contributed by atoms with Gasteiger partial charge >= 0.3 is 11.9 Å². The number of nitrogens with zero attached hydrogens (tertiary/aromatic N) is 2. The molecule has 178 valence electrons. The number of anilines is 1. The number of amides is 1. The van der Waals surface area contributed by atoms with Crippen molar-refractivity contribution in [3.63, 3.8) is 0 Å². The van der Waals surface area contributed by atoms with E-state index in [0.29, 0.717) is 32.6 Å². The molecule has 0 aliphatic carbocycles. The maximum atomic E-state index is 13.0. The molecular formula is C24H15F3N2O4S2. The lowest BCUT2D eigenvalue weighted by molar-refractivity contribution is -0.385. The van der Waals surface area contributed by atoms with Gasteiger partial charge in [-0.3, -0.25) is 19.8 Å². The van der Waals surface area contributed by atoms with Crippen molar-refractivity contribution in [1.29, 1.82) is 0 Å². The molecule has 1 amide bonds. The van der Waals surface area contributed by atoms with E-state index in [4.69, 9.17) is 17.0 Å². The Balaban J connectivity index is 1.60. The number of nitro benzene ring substituents is 1. The molecule has 1 fully saturated rings. The van der Waals surface area contributed by atoms with Crippen LogP contribution in [-0.4, -0.2) is 15.2 Å². The van der Waals surface area contributed by atoms with Crippen LogP contribution in [0.5, 0.6) is 11.5 Å². The molecule has 3 aromatic rings. The summed E-state index contributed by atoms with van der Waals surface area (Å²) >= 11 is 6.51. The number of hydrogen-bond donors (Lipinski definition) is 0. The fourth-order valence-electron chi connectivity index (χ4n) is 3.33. The molecule has 0 bridgehead atoms. The number of ether oxygens (including phenoxy) is 1. The van der Waals surface area contributed by atoms with Gasteiger partial charge in [-0.1, -0.05) is 48.2 Å². The Morgan fingerprint density at radius 1 is 1.09 bits per heavy atom. The standard InChI is InChI=1S/C24H15F3N2O4S2/c1-14-4-2-6-17(10-14)28-22(30)21(35-23(28)34)12-15-5-3-7-18(11-15)33-20-9-8-16(24(25,26)27)13-19(20)29(31)32/h2-13H,1H3/b21-12-. The van der Waals surface area contributed by atoms with Crippen molar-refractivity contribution in [2.45, 2.75) is 13.1 Å². The van der Waals surface area contributed by atoms with E-state index in [1.54, 1.807) is 24.3 Å². The second-order valence-electron chi connectivity index (χ2n) is 7.47. The SMILES string of the molecule is Cc1cccc(N2C(=O)/C(=C/c3cccc(Oc4ccc(C(F)(F)F)cc4[N+](=O)[O-])c3)SC2=S)c1. The molecular weight excluding hydrogens is 501 g/mol. The average molecular weight is 517 g/mol. The van der Waals surface area contributed by atoms with Gasteiger partial charge < -0.3 is 4.74 Å². The van der Waals surface area contributed by atoms with Crippen LogP contribution >= 0.6 is 24.0 Å². The zero-order valence-corrected chi connectivity index (χ0v) is 19.5. The number of carbonyl (C=O) groups excluding carboxylic acids is 1. The monoisotopic (exact) mass is 516 g/mol. The van der Waals surface area contributed by atoms with E-state index in [1.165, 1.54) is 17.0 Å². The van der Waals surface area contributed by atoms with E-state index < -0.39 is 22.4 Å². The largest absolute Gasteiger partial charge is 0.450 e. The molecule has 35 heavy (non-hydrogen) atoms. The van der Waals surface area contributed by atoms with Gasteiger partial charge in [0.25, 0.3) is 5.91 Å². The van der Waals surface area contributed by atoms with E-state index in [2.05, 4.69) is 0 Å². The molecule has 0 spiro atoms. The van der Waals surface area contributed by atoms with Gasteiger partial charge in [-0.15, -0.1) is 0 Å². The van der Waals surface area contributed by atoms with Gasteiger partial charge in [-0.05, 0) is 60.5 Å². The van der Waals surface area contributed by atoms with Gasteiger partial charge in [0.1, 0.15) is 5.75 Å². The van der Waals surface area contributed by atoms with Crippen LogP contribution in [0.25, 0.3) is 6.08 Å². The van der Waals surface area contributed by atoms with Crippen LogP contribution in [0.4, 0.5) is 24.5 Å². The van der Waals surface area contributed by atoms with Crippen LogP contribution in [0.3, 0.4) is 0 Å². The zero-order chi connectivity index (χ0) is 25.3. The highest BCUT2D eigenvalue weighted by atomic mass is 32.2.